The average Bonchev–Trinajstić information content (AvgIpc) is 2.30. The van der Waals surface area contributed by atoms with Crippen LogP contribution < -0.4 is 5.32 Å². The Kier molecular flexibility index (Phi) is 3.67. The van der Waals surface area contributed by atoms with E-state index in [4.69, 9.17) is 4.74 Å². The van der Waals surface area contributed by atoms with Gasteiger partial charge in [-0.2, -0.15) is 11.8 Å². The van der Waals surface area contributed by atoms with Gasteiger partial charge in [-0.05, 0) is 0 Å². The maximum Gasteiger partial charge on any atom is 0.253 e. The van der Waals surface area contributed by atoms with Crippen LogP contribution >= 0.6 is 11.8 Å². The van der Waals surface area contributed by atoms with Crippen LogP contribution in [0.4, 0.5) is 0 Å². The first kappa shape index (κ1) is 10.3. The number of carbonyl (C=O) groups excluding carboxylic acids is 1. The maximum absolute atomic E-state index is 11.9. The monoisotopic (exact) mass is 216 g/mol. The van der Waals surface area contributed by atoms with Gasteiger partial charge in [-0.1, -0.05) is 0 Å². The van der Waals surface area contributed by atoms with Crippen LogP contribution in [0.25, 0.3) is 0 Å². The Labute approximate surface area is 88.4 Å². The van der Waals surface area contributed by atoms with Crippen molar-refractivity contribution < 1.29 is 9.53 Å². The van der Waals surface area contributed by atoms with E-state index in [1.807, 2.05) is 16.7 Å². The molecule has 1 atom stereocenters. The fourth-order valence-corrected chi connectivity index (χ4v) is 2.61. The molecule has 5 heteroatoms. The number of hydrogen-bond donors (Lipinski definition) is 1. The lowest BCUT2D eigenvalue weighted by Gasteiger charge is -2.31. The van der Waals surface area contributed by atoms with Crippen LogP contribution in [0.5, 0.6) is 0 Å². The van der Waals surface area contributed by atoms with Crippen LogP contribution in [0.3, 0.4) is 0 Å². The van der Waals surface area contributed by atoms with Crippen molar-refractivity contribution in [3.63, 3.8) is 0 Å². The van der Waals surface area contributed by atoms with Gasteiger partial charge < -0.3 is 15.0 Å². The van der Waals surface area contributed by atoms with Gasteiger partial charge in [0.1, 0.15) is 6.10 Å². The first-order chi connectivity index (χ1) is 6.88. The minimum Gasteiger partial charge on any atom is -0.366 e. The van der Waals surface area contributed by atoms with E-state index in [9.17, 15) is 4.79 Å². The molecular formula is C9H16N2O2S. The summed E-state index contributed by atoms with van der Waals surface area (Å²) in [6.07, 6.45) is -0.244. The highest BCUT2D eigenvalue weighted by atomic mass is 32.2. The Morgan fingerprint density at radius 1 is 1.43 bits per heavy atom. The summed E-state index contributed by atoms with van der Waals surface area (Å²) in [5.74, 6) is 2.29. The molecule has 0 radical (unpaired) electrons. The largest absolute Gasteiger partial charge is 0.366 e. The van der Waals surface area contributed by atoms with Crippen LogP contribution in [-0.2, 0) is 9.53 Å². The van der Waals surface area contributed by atoms with E-state index in [-0.39, 0.29) is 12.0 Å². The highest BCUT2D eigenvalue weighted by Crippen LogP contribution is 2.11. The van der Waals surface area contributed by atoms with Crippen molar-refractivity contribution in [3.05, 3.63) is 0 Å². The standard InChI is InChI=1S/C9H16N2O2S/c12-9(8-7-10-1-4-13-8)11-2-5-14-6-3-11/h8,10H,1-7H2/t8-/m1/s1. The van der Waals surface area contributed by atoms with Gasteiger partial charge in [0.2, 0.25) is 0 Å². The summed E-state index contributed by atoms with van der Waals surface area (Å²) in [5.41, 5.74) is 0. The molecule has 0 aromatic carbocycles. The maximum atomic E-state index is 11.9. The molecule has 0 saturated carbocycles. The highest BCUT2D eigenvalue weighted by molar-refractivity contribution is 7.99. The van der Waals surface area contributed by atoms with Gasteiger partial charge in [0.15, 0.2) is 0 Å². The van der Waals surface area contributed by atoms with E-state index in [1.165, 1.54) is 0 Å². The number of rotatable bonds is 1. The first-order valence-corrected chi connectivity index (χ1v) is 6.22. The van der Waals surface area contributed by atoms with Gasteiger partial charge in [0.25, 0.3) is 5.91 Å². The topological polar surface area (TPSA) is 41.6 Å². The summed E-state index contributed by atoms with van der Waals surface area (Å²) < 4.78 is 5.43. The molecule has 1 N–H and O–H groups in total. The zero-order valence-electron chi connectivity index (χ0n) is 8.20. The number of morpholine rings is 1. The fourth-order valence-electron chi connectivity index (χ4n) is 1.71. The number of nitrogens with zero attached hydrogens (tertiary/aromatic N) is 1. The SMILES string of the molecule is O=C([C@H]1CNCCO1)N1CCSCC1. The van der Waals surface area contributed by atoms with Crippen molar-refractivity contribution in [2.45, 2.75) is 6.10 Å². The summed E-state index contributed by atoms with van der Waals surface area (Å²) in [6, 6.07) is 0. The first-order valence-electron chi connectivity index (χ1n) is 5.07. The highest BCUT2D eigenvalue weighted by Gasteiger charge is 2.27. The molecule has 0 aromatic rings. The summed E-state index contributed by atoms with van der Waals surface area (Å²) in [7, 11) is 0. The van der Waals surface area contributed by atoms with Crippen LogP contribution in [0.15, 0.2) is 0 Å². The summed E-state index contributed by atoms with van der Waals surface area (Å²) in [6.45, 7) is 3.94. The van der Waals surface area contributed by atoms with Crippen LogP contribution in [0, 0.1) is 0 Å². The number of nitrogens with one attached hydrogen (secondary N) is 1. The van der Waals surface area contributed by atoms with Crippen molar-refractivity contribution in [2.24, 2.45) is 0 Å². The second-order valence-corrected chi connectivity index (χ2v) is 4.73. The molecule has 2 fully saturated rings. The third-order valence-corrected chi connectivity index (χ3v) is 3.47. The second kappa shape index (κ2) is 5.00. The zero-order valence-corrected chi connectivity index (χ0v) is 9.02. The number of carbonyl (C=O) groups is 1. The molecule has 0 aromatic heterocycles. The molecule has 2 heterocycles. The molecule has 2 rings (SSSR count). The Balaban J connectivity index is 1.85. The van der Waals surface area contributed by atoms with Crippen molar-refractivity contribution in [1.82, 2.24) is 10.2 Å². The molecule has 80 valence electrons. The van der Waals surface area contributed by atoms with Gasteiger partial charge >= 0.3 is 0 Å². The molecule has 2 aliphatic rings. The number of thioether (sulfide) groups is 1. The molecule has 0 aliphatic carbocycles. The summed E-state index contributed by atoms with van der Waals surface area (Å²) in [4.78, 5) is 13.8. The van der Waals surface area contributed by atoms with Crippen LogP contribution in [0.1, 0.15) is 0 Å². The van der Waals surface area contributed by atoms with Crippen molar-refractivity contribution in [3.8, 4) is 0 Å². The van der Waals surface area contributed by atoms with Crippen molar-refractivity contribution >= 4 is 17.7 Å². The van der Waals surface area contributed by atoms with Gasteiger partial charge in [-0.25, -0.2) is 0 Å². The minimum absolute atomic E-state index is 0.164. The second-order valence-electron chi connectivity index (χ2n) is 3.50. The lowest BCUT2D eigenvalue weighted by atomic mass is 10.2. The normalized spacial score (nSPS) is 28.9. The minimum atomic E-state index is -0.244. The summed E-state index contributed by atoms with van der Waals surface area (Å²) >= 11 is 1.91. The Morgan fingerprint density at radius 2 is 2.21 bits per heavy atom. The number of ether oxygens (including phenoxy) is 1. The molecular weight excluding hydrogens is 200 g/mol. The van der Waals surface area contributed by atoms with E-state index in [0.717, 1.165) is 31.1 Å². The van der Waals surface area contributed by atoms with Gasteiger partial charge in [0, 0.05) is 37.7 Å². The molecule has 1 amide bonds. The van der Waals surface area contributed by atoms with Gasteiger partial charge in [-0.15, -0.1) is 0 Å². The quantitative estimate of drug-likeness (QED) is 0.644. The Morgan fingerprint density at radius 3 is 2.86 bits per heavy atom. The lowest BCUT2D eigenvalue weighted by Crippen LogP contribution is -2.51. The molecule has 0 unspecified atom stereocenters. The molecule has 2 aliphatic heterocycles. The molecule has 0 bridgehead atoms. The van der Waals surface area contributed by atoms with E-state index in [1.54, 1.807) is 0 Å². The molecule has 2 saturated heterocycles. The smallest absolute Gasteiger partial charge is 0.253 e. The number of amides is 1. The third kappa shape index (κ3) is 2.40. The van der Waals surface area contributed by atoms with Gasteiger partial charge in [-0.3, -0.25) is 4.79 Å². The van der Waals surface area contributed by atoms with Gasteiger partial charge in [0.05, 0.1) is 6.61 Å². The van der Waals surface area contributed by atoms with Crippen LogP contribution in [-0.4, -0.2) is 61.2 Å². The summed E-state index contributed by atoms with van der Waals surface area (Å²) in [5, 5.41) is 3.18. The number of hydrogen-bond acceptors (Lipinski definition) is 4. The van der Waals surface area contributed by atoms with E-state index in [2.05, 4.69) is 5.32 Å². The van der Waals surface area contributed by atoms with Crippen molar-refractivity contribution in [2.75, 3.05) is 44.3 Å². The zero-order chi connectivity index (χ0) is 9.80. The fraction of sp³-hybridized carbons (Fsp3) is 0.889. The predicted octanol–water partition coefficient (Wildman–Crippen LogP) is -0.450. The Bertz CT molecular complexity index is 181. The van der Waals surface area contributed by atoms with E-state index < -0.39 is 0 Å². The third-order valence-electron chi connectivity index (χ3n) is 2.53. The average molecular weight is 216 g/mol. The lowest BCUT2D eigenvalue weighted by molar-refractivity contribution is -0.144. The molecule has 0 spiro atoms. The molecule has 4 nitrogen and oxygen atoms in total. The molecule has 14 heavy (non-hydrogen) atoms. The van der Waals surface area contributed by atoms with E-state index >= 15 is 0 Å². The predicted molar refractivity (Wildman–Crippen MR) is 56.5 cm³/mol. The van der Waals surface area contributed by atoms with Crippen LogP contribution in [0.2, 0.25) is 0 Å². The van der Waals surface area contributed by atoms with Crippen molar-refractivity contribution in [1.29, 1.82) is 0 Å². The Hall–Kier alpha value is -0.260. The van der Waals surface area contributed by atoms with E-state index in [0.29, 0.717) is 13.2 Å².